The van der Waals surface area contributed by atoms with Crippen LogP contribution in [0.25, 0.3) is 0 Å². The highest BCUT2D eigenvalue weighted by atomic mass is 32.2. The van der Waals surface area contributed by atoms with Gasteiger partial charge in [-0.3, -0.25) is 4.79 Å². The van der Waals surface area contributed by atoms with Crippen molar-refractivity contribution in [3.8, 4) is 0 Å². The highest BCUT2D eigenvalue weighted by molar-refractivity contribution is 7.92. The van der Waals surface area contributed by atoms with Crippen LogP contribution in [0.2, 0.25) is 0 Å². The number of hydrogen-bond acceptors (Lipinski definition) is 5. The van der Waals surface area contributed by atoms with Gasteiger partial charge in [0, 0.05) is 32.7 Å². The second kappa shape index (κ2) is 6.67. The number of nitrogens with zero attached hydrogens (tertiary/aromatic N) is 2. The molecule has 0 spiro atoms. The molecule has 7 heteroatoms. The Morgan fingerprint density at radius 3 is 2.32 bits per heavy atom. The van der Waals surface area contributed by atoms with E-state index in [0.29, 0.717) is 19.6 Å². The lowest BCUT2D eigenvalue weighted by atomic mass is 10.3. The number of likely N-dealkylation sites (tertiary alicyclic amines) is 1. The number of hydrogen-bond donors (Lipinski definition) is 1. The summed E-state index contributed by atoms with van der Waals surface area (Å²) in [5.41, 5.74) is 0. The maximum absolute atomic E-state index is 12.0. The molecule has 0 atom stereocenters. The smallest absolute Gasteiger partial charge is 0.237 e. The van der Waals surface area contributed by atoms with Gasteiger partial charge in [-0.2, -0.15) is 0 Å². The topological polar surface area (TPSA) is 69.7 Å². The van der Waals surface area contributed by atoms with E-state index in [-0.39, 0.29) is 17.4 Å². The zero-order chi connectivity index (χ0) is 13.7. The molecule has 2 heterocycles. The molecular formula is C12H23N3O3S. The lowest BCUT2D eigenvalue weighted by Gasteiger charge is -2.27. The molecule has 0 aromatic rings. The van der Waals surface area contributed by atoms with Crippen LogP contribution in [-0.4, -0.2) is 81.4 Å². The summed E-state index contributed by atoms with van der Waals surface area (Å²) in [7, 11) is -3.27. The third kappa shape index (κ3) is 4.74. The highest BCUT2D eigenvalue weighted by Gasteiger charge is 2.24. The first-order valence-electron chi connectivity index (χ1n) is 6.98. The molecule has 2 saturated heterocycles. The first-order valence-corrected chi connectivity index (χ1v) is 8.80. The average molecular weight is 289 g/mol. The van der Waals surface area contributed by atoms with Crippen LogP contribution in [0.1, 0.15) is 12.8 Å². The average Bonchev–Trinajstić information content (AvgIpc) is 2.90. The van der Waals surface area contributed by atoms with Gasteiger partial charge in [0.15, 0.2) is 9.84 Å². The van der Waals surface area contributed by atoms with E-state index in [1.54, 1.807) is 4.90 Å². The molecule has 2 rings (SSSR count). The van der Waals surface area contributed by atoms with E-state index in [1.165, 1.54) is 0 Å². The lowest BCUT2D eigenvalue weighted by Crippen LogP contribution is -2.48. The number of rotatable bonds is 5. The third-order valence-corrected chi connectivity index (χ3v) is 5.22. The summed E-state index contributed by atoms with van der Waals surface area (Å²) in [5, 5.41) is 3.14. The van der Waals surface area contributed by atoms with Crippen molar-refractivity contribution in [2.45, 2.75) is 12.8 Å². The normalized spacial score (nSPS) is 21.8. The Morgan fingerprint density at radius 2 is 1.68 bits per heavy atom. The molecule has 2 fully saturated rings. The Labute approximate surface area is 115 Å². The molecule has 110 valence electrons. The van der Waals surface area contributed by atoms with Crippen molar-refractivity contribution in [1.82, 2.24) is 15.1 Å². The second-order valence-corrected chi connectivity index (χ2v) is 7.46. The summed E-state index contributed by atoms with van der Waals surface area (Å²) in [5.74, 6) is -0.478. The Morgan fingerprint density at radius 1 is 1.05 bits per heavy atom. The van der Waals surface area contributed by atoms with Gasteiger partial charge in [0.05, 0.1) is 5.75 Å². The van der Waals surface area contributed by atoms with Crippen LogP contribution in [0, 0.1) is 0 Å². The minimum Gasteiger partial charge on any atom is -0.339 e. The summed E-state index contributed by atoms with van der Waals surface area (Å²) in [6.45, 7) is 5.26. The molecule has 1 N–H and O–H groups in total. The van der Waals surface area contributed by atoms with Gasteiger partial charge in [0.2, 0.25) is 5.91 Å². The molecular weight excluding hydrogens is 266 g/mol. The van der Waals surface area contributed by atoms with E-state index in [2.05, 4.69) is 10.2 Å². The van der Waals surface area contributed by atoms with Gasteiger partial charge >= 0.3 is 0 Å². The van der Waals surface area contributed by atoms with Crippen LogP contribution in [0.15, 0.2) is 0 Å². The van der Waals surface area contributed by atoms with Crippen LogP contribution in [0.3, 0.4) is 0 Å². The first-order chi connectivity index (χ1) is 9.07. The zero-order valence-corrected chi connectivity index (χ0v) is 12.1. The van der Waals surface area contributed by atoms with Crippen molar-refractivity contribution in [2.24, 2.45) is 0 Å². The predicted octanol–water partition coefficient (Wildman–Crippen LogP) is -1.07. The summed E-state index contributed by atoms with van der Waals surface area (Å²) in [6, 6.07) is 0. The SMILES string of the molecule is O=C(CS(=O)(=O)CCN1CCCC1)N1CCNCC1. The summed E-state index contributed by atoms with van der Waals surface area (Å²) >= 11 is 0. The van der Waals surface area contributed by atoms with Gasteiger partial charge in [-0.25, -0.2) is 8.42 Å². The number of amides is 1. The molecule has 1 amide bonds. The fourth-order valence-electron chi connectivity index (χ4n) is 2.54. The second-order valence-electron chi connectivity index (χ2n) is 5.27. The maximum Gasteiger partial charge on any atom is 0.237 e. The summed E-state index contributed by atoms with van der Waals surface area (Å²) < 4.78 is 23.9. The van der Waals surface area contributed by atoms with Crippen molar-refractivity contribution in [3.63, 3.8) is 0 Å². The van der Waals surface area contributed by atoms with E-state index < -0.39 is 9.84 Å². The first kappa shape index (κ1) is 14.7. The molecule has 0 saturated carbocycles. The standard InChI is InChI=1S/C12H23N3O3S/c16-12(15-7-3-13-4-8-15)11-19(17,18)10-9-14-5-1-2-6-14/h13H,1-11H2. The molecule has 0 bridgehead atoms. The Kier molecular flexibility index (Phi) is 5.18. The Hall–Kier alpha value is -0.660. The molecule has 2 aliphatic heterocycles. The van der Waals surface area contributed by atoms with E-state index in [4.69, 9.17) is 0 Å². The van der Waals surface area contributed by atoms with Gasteiger partial charge in [-0.1, -0.05) is 0 Å². The molecule has 0 unspecified atom stereocenters. The molecule has 0 aliphatic carbocycles. The quantitative estimate of drug-likeness (QED) is 0.698. The van der Waals surface area contributed by atoms with Gasteiger partial charge in [-0.15, -0.1) is 0 Å². The molecule has 0 aromatic carbocycles. The largest absolute Gasteiger partial charge is 0.339 e. The molecule has 0 radical (unpaired) electrons. The molecule has 6 nitrogen and oxygen atoms in total. The minimum atomic E-state index is -3.27. The third-order valence-electron chi connectivity index (χ3n) is 3.73. The molecule has 2 aliphatic rings. The molecule has 0 aromatic heterocycles. The highest BCUT2D eigenvalue weighted by Crippen LogP contribution is 2.07. The number of carbonyl (C=O) groups excluding carboxylic acids is 1. The van der Waals surface area contributed by atoms with E-state index in [1.807, 2.05) is 0 Å². The van der Waals surface area contributed by atoms with Gasteiger partial charge < -0.3 is 15.1 Å². The predicted molar refractivity (Wildman–Crippen MR) is 73.8 cm³/mol. The fourth-order valence-corrected chi connectivity index (χ4v) is 3.78. The van der Waals surface area contributed by atoms with Crippen LogP contribution in [0.5, 0.6) is 0 Å². The van der Waals surface area contributed by atoms with Crippen molar-refractivity contribution in [3.05, 3.63) is 0 Å². The Balaban J connectivity index is 1.77. The number of sulfone groups is 1. The van der Waals surface area contributed by atoms with Crippen LogP contribution in [0.4, 0.5) is 0 Å². The maximum atomic E-state index is 12.0. The van der Waals surface area contributed by atoms with E-state index in [0.717, 1.165) is 39.0 Å². The molecule has 19 heavy (non-hydrogen) atoms. The van der Waals surface area contributed by atoms with E-state index in [9.17, 15) is 13.2 Å². The van der Waals surface area contributed by atoms with Crippen LogP contribution in [-0.2, 0) is 14.6 Å². The summed E-state index contributed by atoms with van der Waals surface area (Å²) in [6.07, 6.45) is 2.31. The number of piperazine rings is 1. The van der Waals surface area contributed by atoms with Crippen LogP contribution >= 0.6 is 0 Å². The zero-order valence-electron chi connectivity index (χ0n) is 11.3. The minimum absolute atomic E-state index is 0.102. The van der Waals surface area contributed by atoms with Gasteiger partial charge in [0.1, 0.15) is 5.75 Å². The Bertz CT molecular complexity index is 398. The monoisotopic (exact) mass is 289 g/mol. The lowest BCUT2D eigenvalue weighted by molar-refractivity contribution is -0.128. The van der Waals surface area contributed by atoms with Crippen molar-refractivity contribution in [2.75, 3.05) is 57.3 Å². The van der Waals surface area contributed by atoms with Crippen molar-refractivity contribution in [1.29, 1.82) is 0 Å². The number of carbonyl (C=O) groups is 1. The van der Waals surface area contributed by atoms with Gasteiger partial charge in [0.25, 0.3) is 0 Å². The van der Waals surface area contributed by atoms with Crippen molar-refractivity contribution >= 4 is 15.7 Å². The van der Waals surface area contributed by atoms with Gasteiger partial charge in [-0.05, 0) is 25.9 Å². The van der Waals surface area contributed by atoms with E-state index >= 15 is 0 Å². The fraction of sp³-hybridized carbons (Fsp3) is 0.917. The van der Waals surface area contributed by atoms with Crippen molar-refractivity contribution < 1.29 is 13.2 Å². The summed E-state index contributed by atoms with van der Waals surface area (Å²) in [4.78, 5) is 15.7. The number of nitrogens with one attached hydrogen (secondary N) is 1. The van der Waals surface area contributed by atoms with Crippen LogP contribution < -0.4 is 5.32 Å².